The molecule has 2 heterocycles. The second-order valence-electron chi connectivity index (χ2n) is 3.99. The number of hydrogen-bond donors (Lipinski definition) is 2. The van der Waals surface area contributed by atoms with Gasteiger partial charge in [0.2, 0.25) is 6.79 Å². The molecule has 0 saturated heterocycles. The van der Waals surface area contributed by atoms with Gasteiger partial charge in [-0.05, 0) is 18.2 Å². The van der Waals surface area contributed by atoms with Crippen LogP contribution in [0.4, 0.5) is 11.4 Å². The first-order valence-electron chi connectivity index (χ1n) is 5.64. The van der Waals surface area contributed by atoms with E-state index in [-0.39, 0.29) is 12.7 Å². The lowest BCUT2D eigenvalue weighted by atomic mass is 10.2. The largest absolute Gasteiger partial charge is 0.454 e. The molecule has 0 aliphatic carbocycles. The fraction of sp³-hybridized carbons (Fsp3) is 0.0769. The third-order valence-electron chi connectivity index (χ3n) is 2.73. The summed E-state index contributed by atoms with van der Waals surface area (Å²) >= 11 is 0. The molecule has 19 heavy (non-hydrogen) atoms. The Morgan fingerprint density at radius 3 is 2.95 bits per heavy atom. The Balaban J connectivity index is 1.82. The summed E-state index contributed by atoms with van der Waals surface area (Å²) in [6.45, 7) is 0.198. The van der Waals surface area contributed by atoms with Gasteiger partial charge >= 0.3 is 0 Å². The molecular weight excluding hydrogens is 246 g/mol. The lowest BCUT2D eigenvalue weighted by Gasteiger charge is -2.07. The van der Waals surface area contributed by atoms with Crippen molar-refractivity contribution >= 4 is 17.3 Å². The van der Waals surface area contributed by atoms with Crippen molar-refractivity contribution in [3.63, 3.8) is 0 Å². The molecule has 3 N–H and O–H groups in total. The molecular formula is C13H11N3O3. The summed E-state index contributed by atoms with van der Waals surface area (Å²) < 4.78 is 10.4. The van der Waals surface area contributed by atoms with Crippen molar-refractivity contribution in [1.82, 2.24) is 4.98 Å². The maximum atomic E-state index is 12.0. The number of benzene rings is 1. The van der Waals surface area contributed by atoms with Crippen LogP contribution in [-0.2, 0) is 0 Å². The smallest absolute Gasteiger partial charge is 0.257 e. The summed E-state index contributed by atoms with van der Waals surface area (Å²) in [5.74, 6) is 0.987. The number of nitrogens with two attached hydrogens (primary N) is 1. The van der Waals surface area contributed by atoms with Crippen molar-refractivity contribution in [3.05, 3.63) is 42.2 Å². The second kappa shape index (κ2) is 4.49. The van der Waals surface area contributed by atoms with Crippen LogP contribution in [0.25, 0.3) is 0 Å². The zero-order valence-corrected chi connectivity index (χ0v) is 9.92. The average molecular weight is 257 g/mol. The number of pyridine rings is 1. The summed E-state index contributed by atoms with van der Waals surface area (Å²) in [5, 5.41) is 2.75. The number of ether oxygens (including phenoxy) is 2. The molecule has 0 atom stereocenters. The molecule has 1 amide bonds. The van der Waals surface area contributed by atoms with E-state index in [2.05, 4.69) is 10.3 Å². The number of nitrogens with zero attached hydrogens (tertiary/aromatic N) is 1. The summed E-state index contributed by atoms with van der Waals surface area (Å²) in [6.07, 6.45) is 2.96. The first-order valence-corrected chi connectivity index (χ1v) is 5.64. The Morgan fingerprint density at radius 2 is 2.11 bits per heavy atom. The number of nitrogen functional groups attached to an aromatic ring is 1. The predicted octanol–water partition coefficient (Wildman–Crippen LogP) is 1.64. The highest BCUT2D eigenvalue weighted by Gasteiger charge is 2.15. The highest BCUT2D eigenvalue weighted by atomic mass is 16.7. The molecule has 0 fully saturated rings. The number of aromatic nitrogens is 1. The van der Waals surface area contributed by atoms with Gasteiger partial charge in [-0.15, -0.1) is 0 Å². The summed E-state index contributed by atoms with van der Waals surface area (Å²) in [7, 11) is 0. The third-order valence-corrected chi connectivity index (χ3v) is 2.73. The van der Waals surface area contributed by atoms with E-state index >= 15 is 0 Å². The number of hydrogen-bond acceptors (Lipinski definition) is 5. The van der Waals surface area contributed by atoms with Crippen molar-refractivity contribution in [3.8, 4) is 11.5 Å². The summed E-state index contributed by atoms with van der Waals surface area (Å²) in [6, 6.07) is 6.76. The molecule has 2 aromatic rings. The van der Waals surface area contributed by atoms with Crippen LogP contribution in [0.15, 0.2) is 36.7 Å². The number of carbonyl (C=O) groups is 1. The van der Waals surface area contributed by atoms with Crippen molar-refractivity contribution in [2.24, 2.45) is 0 Å². The van der Waals surface area contributed by atoms with Crippen molar-refractivity contribution in [1.29, 1.82) is 0 Å². The molecule has 6 heteroatoms. The molecule has 0 radical (unpaired) electrons. The molecule has 0 saturated carbocycles. The van der Waals surface area contributed by atoms with Crippen LogP contribution in [0.1, 0.15) is 10.4 Å². The van der Waals surface area contributed by atoms with Crippen LogP contribution < -0.4 is 20.5 Å². The van der Waals surface area contributed by atoms with Gasteiger partial charge in [-0.1, -0.05) is 0 Å². The molecule has 0 unspecified atom stereocenters. The van der Waals surface area contributed by atoms with Gasteiger partial charge in [0.1, 0.15) is 0 Å². The third kappa shape index (κ3) is 2.15. The lowest BCUT2D eigenvalue weighted by molar-refractivity contribution is 0.102. The van der Waals surface area contributed by atoms with E-state index in [0.717, 1.165) is 0 Å². The Labute approximate surface area is 109 Å². The van der Waals surface area contributed by atoms with E-state index in [0.29, 0.717) is 28.4 Å². The Kier molecular flexibility index (Phi) is 2.68. The van der Waals surface area contributed by atoms with Crippen LogP contribution in [-0.4, -0.2) is 17.7 Å². The van der Waals surface area contributed by atoms with E-state index in [4.69, 9.17) is 15.2 Å². The molecule has 0 bridgehead atoms. The Bertz CT molecular complexity index is 643. The Hall–Kier alpha value is -2.76. The Morgan fingerprint density at radius 1 is 1.26 bits per heavy atom. The molecule has 1 aliphatic rings. The quantitative estimate of drug-likeness (QED) is 0.854. The highest BCUT2D eigenvalue weighted by molar-refractivity contribution is 6.07. The van der Waals surface area contributed by atoms with Crippen molar-refractivity contribution < 1.29 is 14.3 Å². The van der Waals surface area contributed by atoms with Crippen LogP contribution in [0, 0.1) is 0 Å². The number of carbonyl (C=O) groups excluding carboxylic acids is 1. The SMILES string of the molecule is Nc1cnccc1C(=O)Nc1ccc2c(c1)OCO2. The molecule has 3 rings (SSSR count). The lowest BCUT2D eigenvalue weighted by Crippen LogP contribution is -2.14. The van der Waals surface area contributed by atoms with Crippen LogP contribution in [0.3, 0.4) is 0 Å². The van der Waals surface area contributed by atoms with Gasteiger partial charge in [0.25, 0.3) is 5.91 Å². The minimum Gasteiger partial charge on any atom is -0.454 e. The molecule has 1 aromatic heterocycles. The van der Waals surface area contributed by atoms with Gasteiger partial charge in [0.15, 0.2) is 11.5 Å². The summed E-state index contributed by atoms with van der Waals surface area (Å²) in [4.78, 5) is 15.9. The van der Waals surface area contributed by atoms with Gasteiger partial charge in [-0.25, -0.2) is 0 Å². The molecule has 1 aromatic carbocycles. The van der Waals surface area contributed by atoms with Crippen molar-refractivity contribution in [2.75, 3.05) is 17.8 Å². The molecule has 6 nitrogen and oxygen atoms in total. The van der Waals surface area contributed by atoms with E-state index in [1.807, 2.05) is 0 Å². The number of anilines is 2. The van der Waals surface area contributed by atoms with Gasteiger partial charge in [0.05, 0.1) is 17.4 Å². The average Bonchev–Trinajstić information content (AvgIpc) is 2.86. The summed E-state index contributed by atoms with van der Waals surface area (Å²) in [5.41, 5.74) is 7.03. The first kappa shape index (κ1) is 11.3. The molecule has 1 aliphatic heterocycles. The maximum Gasteiger partial charge on any atom is 0.257 e. The zero-order chi connectivity index (χ0) is 13.2. The van der Waals surface area contributed by atoms with Crippen LogP contribution in [0.5, 0.6) is 11.5 Å². The van der Waals surface area contributed by atoms with Crippen LogP contribution >= 0.6 is 0 Å². The number of fused-ring (bicyclic) bond motifs is 1. The van der Waals surface area contributed by atoms with E-state index in [9.17, 15) is 4.79 Å². The number of rotatable bonds is 2. The fourth-order valence-corrected chi connectivity index (χ4v) is 1.79. The predicted molar refractivity (Wildman–Crippen MR) is 69.2 cm³/mol. The van der Waals surface area contributed by atoms with E-state index < -0.39 is 0 Å². The van der Waals surface area contributed by atoms with Gasteiger partial charge in [-0.2, -0.15) is 0 Å². The van der Waals surface area contributed by atoms with Crippen LogP contribution in [0.2, 0.25) is 0 Å². The van der Waals surface area contributed by atoms with Gasteiger partial charge in [0, 0.05) is 18.0 Å². The molecule has 0 spiro atoms. The normalized spacial score (nSPS) is 12.2. The second-order valence-corrected chi connectivity index (χ2v) is 3.99. The number of nitrogens with one attached hydrogen (secondary N) is 1. The monoisotopic (exact) mass is 257 g/mol. The van der Waals surface area contributed by atoms with Gasteiger partial charge in [-0.3, -0.25) is 9.78 Å². The topological polar surface area (TPSA) is 86.5 Å². The fourth-order valence-electron chi connectivity index (χ4n) is 1.79. The molecule has 96 valence electrons. The highest BCUT2D eigenvalue weighted by Crippen LogP contribution is 2.34. The zero-order valence-electron chi connectivity index (χ0n) is 9.92. The van der Waals surface area contributed by atoms with Gasteiger partial charge < -0.3 is 20.5 Å². The van der Waals surface area contributed by atoms with E-state index in [1.54, 1.807) is 24.3 Å². The standard InChI is InChI=1S/C13H11N3O3/c14-10-6-15-4-3-9(10)13(17)16-8-1-2-11-12(5-8)19-7-18-11/h1-6H,7,14H2,(H,16,17). The first-order chi connectivity index (χ1) is 9.24. The number of amides is 1. The van der Waals surface area contributed by atoms with E-state index in [1.165, 1.54) is 12.4 Å². The van der Waals surface area contributed by atoms with Crippen molar-refractivity contribution in [2.45, 2.75) is 0 Å². The minimum atomic E-state index is -0.293. The minimum absolute atomic E-state index is 0.198. The maximum absolute atomic E-state index is 12.0.